The molecular formula is C13H17NO5S. The number of carbonyl (C=O) groups is 1. The van der Waals surface area contributed by atoms with E-state index < -0.39 is 22.1 Å². The largest absolute Gasteiger partial charge is 0.478 e. The van der Waals surface area contributed by atoms with E-state index in [9.17, 15) is 18.3 Å². The maximum absolute atomic E-state index is 12.2. The second-order valence-electron chi connectivity index (χ2n) is 4.91. The average molecular weight is 299 g/mol. The maximum atomic E-state index is 12.2. The highest BCUT2D eigenvalue weighted by Crippen LogP contribution is 2.18. The predicted molar refractivity (Wildman–Crippen MR) is 72.8 cm³/mol. The summed E-state index contributed by atoms with van der Waals surface area (Å²) in [7, 11) is -3.48. The Morgan fingerprint density at radius 2 is 1.95 bits per heavy atom. The van der Waals surface area contributed by atoms with Crippen molar-refractivity contribution in [3.05, 3.63) is 35.4 Å². The summed E-state index contributed by atoms with van der Waals surface area (Å²) in [6.45, 7) is 0.558. The number of carboxylic acid groups (broad SMARTS) is 1. The van der Waals surface area contributed by atoms with Crippen LogP contribution in [-0.4, -0.2) is 48.1 Å². The lowest BCUT2D eigenvalue weighted by molar-refractivity contribution is 0.0697. The topological polar surface area (TPSA) is 94.9 Å². The van der Waals surface area contributed by atoms with Crippen molar-refractivity contribution in [2.45, 2.75) is 24.7 Å². The van der Waals surface area contributed by atoms with Gasteiger partial charge in [0.1, 0.15) is 0 Å². The monoisotopic (exact) mass is 299 g/mol. The zero-order valence-electron chi connectivity index (χ0n) is 10.9. The standard InChI is InChI=1S/C13H17NO5S/c15-12-2-1-7-14(8-12)20(18,19)9-10-3-5-11(6-4-10)13(16)17/h3-6,12,15H,1-2,7-9H2,(H,16,17)/t12-/m0/s1. The molecule has 1 aromatic carbocycles. The molecule has 0 aliphatic carbocycles. The van der Waals surface area contributed by atoms with E-state index in [4.69, 9.17) is 5.11 Å². The van der Waals surface area contributed by atoms with Crippen molar-refractivity contribution in [3.8, 4) is 0 Å². The van der Waals surface area contributed by atoms with Gasteiger partial charge in [-0.15, -0.1) is 0 Å². The molecule has 0 bridgehead atoms. The minimum atomic E-state index is -3.48. The first-order chi connectivity index (χ1) is 9.38. The summed E-state index contributed by atoms with van der Waals surface area (Å²) in [6.07, 6.45) is 0.672. The normalized spacial score (nSPS) is 20.8. The van der Waals surface area contributed by atoms with E-state index in [0.29, 0.717) is 24.9 Å². The molecule has 1 heterocycles. The fourth-order valence-corrected chi connectivity index (χ4v) is 3.82. The second kappa shape index (κ2) is 5.90. The van der Waals surface area contributed by atoms with Crippen LogP contribution >= 0.6 is 0 Å². The van der Waals surface area contributed by atoms with Gasteiger partial charge in [-0.1, -0.05) is 12.1 Å². The Kier molecular flexibility index (Phi) is 4.42. The number of piperidine rings is 1. The summed E-state index contributed by atoms with van der Waals surface area (Å²) in [5.41, 5.74) is 0.662. The van der Waals surface area contributed by atoms with Gasteiger partial charge in [-0.05, 0) is 30.5 Å². The molecule has 20 heavy (non-hydrogen) atoms. The van der Waals surface area contributed by atoms with Gasteiger partial charge in [-0.2, -0.15) is 4.31 Å². The second-order valence-corrected chi connectivity index (χ2v) is 6.88. The Hall–Kier alpha value is -1.44. The molecule has 1 aromatic rings. The van der Waals surface area contributed by atoms with Gasteiger partial charge in [0.2, 0.25) is 10.0 Å². The van der Waals surface area contributed by atoms with Crippen LogP contribution in [-0.2, 0) is 15.8 Å². The van der Waals surface area contributed by atoms with Crippen LogP contribution in [0.25, 0.3) is 0 Å². The number of carboxylic acids is 1. The first-order valence-corrected chi connectivity index (χ1v) is 7.97. The van der Waals surface area contributed by atoms with Crippen LogP contribution in [0.15, 0.2) is 24.3 Å². The smallest absolute Gasteiger partial charge is 0.335 e. The minimum Gasteiger partial charge on any atom is -0.478 e. The molecule has 110 valence electrons. The van der Waals surface area contributed by atoms with E-state index in [1.165, 1.54) is 28.6 Å². The van der Waals surface area contributed by atoms with Gasteiger partial charge in [-0.3, -0.25) is 0 Å². The van der Waals surface area contributed by atoms with E-state index in [1.54, 1.807) is 0 Å². The molecule has 1 saturated heterocycles. The lowest BCUT2D eigenvalue weighted by atomic mass is 10.1. The highest BCUT2D eigenvalue weighted by molar-refractivity contribution is 7.88. The molecule has 0 radical (unpaired) electrons. The minimum absolute atomic E-state index is 0.125. The fraction of sp³-hybridized carbons (Fsp3) is 0.462. The number of aliphatic hydroxyl groups excluding tert-OH is 1. The molecule has 1 aliphatic heterocycles. The highest BCUT2D eigenvalue weighted by atomic mass is 32.2. The molecule has 1 fully saturated rings. The van der Waals surface area contributed by atoms with Crippen LogP contribution in [0.4, 0.5) is 0 Å². The molecular weight excluding hydrogens is 282 g/mol. The third-order valence-electron chi connectivity index (χ3n) is 3.30. The van der Waals surface area contributed by atoms with Gasteiger partial charge >= 0.3 is 5.97 Å². The molecule has 0 spiro atoms. The quantitative estimate of drug-likeness (QED) is 0.852. The van der Waals surface area contributed by atoms with Crippen LogP contribution in [0.1, 0.15) is 28.8 Å². The number of aromatic carboxylic acids is 1. The van der Waals surface area contributed by atoms with Crippen molar-refractivity contribution in [1.82, 2.24) is 4.31 Å². The van der Waals surface area contributed by atoms with E-state index in [1.807, 2.05) is 0 Å². The zero-order valence-corrected chi connectivity index (χ0v) is 11.7. The molecule has 6 nitrogen and oxygen atoms in total. The van der Waals surface area contributed by atoms with Crippen molar-refractivity contribution in [2.24, 2.45) is 0 Å². The Morgan fingerprint density at radius 3 is 2.50 bits per heavy atom. The van der Waals surface area contributed by atoms with Crippen LogP contribution in [0.3, 0.4) is 0 Å². The fourth-order valence-electron chi connectivity index (χ4n) is 2.22. The Morgan fingerprint density at radius 1 is 1.30 bits per heavy atom. The Balaban J connectivity index is 2.09. The van der Waals surface area contributed by atoms with Crippen molar-refractivity contribution < 1.29 is 23.4 Å². The lowest BCUT2D eigenvalue weighted by Gasteiger charge is -2.29. The molecule has 1 aliphatic rings. The number of aliphatic hydroxyl groups is 1. The number of benzene rings is 1. The number of hydrogen-bond acceptors (Lipinski definition) is 4. The van der Waals surface area contributed by atoms with Crippen molar-refractivity contribution in [1.29, 1.82) is 0 Å². The summed E-state index contributed by atoms with van der Waals surface area (Å²) >= 11 is 0. The van der Waals surface area contributed by atoms with E-state index in [0.717, 1.165) is 0 Å². The molecule has 1 atom stereocenters. The zero-order chi connectivity index (χ0) is 14.8. The highest BCUT2D eigenvalue weighted by Gasteiger charge is 2.27. The van der Waals surface area contributed by atoms with Gasteiger partial charge in [0.25, 0.3) is 0 Å². The average Bonchev–Trinajstić information content (AvgIpc) is 2.39. The summed E-state index contributed by atoms with van der Waals surface area (Å²) in [6, 6.07) is 5.78. The summed E-state index contributed by atoms with van der Waals surface area (Å²) < 4.78 is 25.7. The molecule has 7 heteroatoms. The third kappa shape index (κ3) is 3.56. The lowest BCUT2D eigenvalue weighted by Crippen LogP contribution is -2.42. The number of rotatable bonds is 4. The first-order valence-electron chi connectivity index (χ1n) is 6.36. The molecule has 0 unspecified atom stereocenters. The summed E-state index contributed by atoms with van der Waals surface area (Å²) in [4.78, 5) is 10.7. The molecule has 2 N–H and O–H groups in total. The summed E-state index contributed by atoms with van der Waals surface area (Å²) in [5, 5.41) is 18.3. The van der Waals surface area contributed by atoms with Gasteiger partial charge in [0.15, 0.2) is 0 Å². The number of hydrogen-bond donors (Lipinski definition) is 2. The van der Waals surface area contributed by atoms with Gasteiger partial charge in [0, 0.05) is 13.1 Å². The SMILES string of the molecule is O=C(O)c1ccc(CS(=O)(=O)N2CCC[C@H](O)C2)cc1. The van der Waals surface area contributed by atoms with E-state index >= 15 is 0 Å². The number of β-amino-alcohol motifs (C(OH)–C–C–N with tert-alkyl or cyclic N) is 1. The van der Waals surface area contributed by atoms with Crippen molar-refractivity contribution in [3.63, 3.8) is 0 Å². The molecule has 0 aromatic heterocycles. The van der Waals surface area contributed by atoms with E-state index in [-0.39, 0.29) is 17.9 Å². The van der Waals surface area contributed by atoms with Crippen molar-refractivity contribution in [2.75, 3.05) is 13.1 Å². The van der Waals surface area contributed by atoms with Crippen molar-refractivity contribution >= 4 is 16.0 Å². The van der Waals surface area contributed by atoms with Crippen LogP contribution < -0.4 is 0 Å². The first kappa shape index (κ1) is 15.0. The molecule has 2 rings (SSSR count). The Bertz CT molecular complexity index is 581. The number of nitrogens with zero attached hydrogens (tertiary/aromatic N) is 1. The van der Waals surface area contributed by atoms with Gasteiger partial charge in [0.05, 0.1) is 17.4 Å². The van der Waals surface area contributed by atoms with Gasteiger partial charge in [-0.25, -0.2) is 13.2 Å². The predicted octanol–water partition coefficient (Wildman–Crippen LogP) is 0.671. The Labute approximate surface area is 117 Å². The van der Waals surface area contributed by atoms with E-state index in [2.05, 4.69) is 0 Å². The van der Waals surface area contributed by atoms with Gasteiger partial charge < -0.3 is 10.2 Å². The number of sulfonamides is 1. The third-order valence-corrected chi connectivity index (χ3v) is 5.12. The maximum Gasteiger partial charge on any atom is 0.335 e. The molecule has 0 saturated carbocycles. The molecule has 0 amide bonds. The van der Waals surface area contributed by atoms with Crippen LogP contribution in [0, 0.1) is 0 Å². The van der Waals surface area contributed by atoms with Crippen LogP contribution in [0.5, 0.6) is 0 Å². The summed E-state index contributed by atoms with van der Waals surface area (Å²) in [5.74, 6) is -1.22. The van der Waals surface area contributed by atoms with Crippen LogP contribution in [0.2, 0.25) is 0 Å².